The summed E-state index contributed by atoms with van der Waals surface area (Å²) in [5, 5.41) is 7.38. The van der Waals surface area contributed by atoms with Crippen molar-refractivity contribution in [2.75, 3.05) is 6.26 Å². The van der Waals surface area contributed by atoms with Gasteiger partial charge in [-0.05, 0) is 13.2 Å². The molecule has 0 saturated carbocycles. The third-order valence-corrected chi connectivity index (χ3v) is 0.919. The summed E-state index contributed by atoms with van der Waals surface area (Å²) >= 11 is 2.83. The Balaban J connectivity index is 0. The normalized spacial score (nSPS) is 7.11. The van der Waals surface area contributed by atoms with Crippen molar-refractivity contribution in [2.24, 2.45) is 5.73 Å². The van der Waals surface area contributed by atoms with Crippen LogP contribution in [0.4, 0.5) is 0 Å². The van der Waals surface area contributed by atoms with E-state index in [4.69, 9.17) is 11.1 Å². The molecule has 54 valence electrons. The average molecular weight is 316 g/mol. The number of thioether (sulfide) groups is 1. The standard InChI is InChI=1S/C3H7NS.C2H5N.W/c1-3(4)5-2;1-2-3;/h4H,1-2H3;3H2,1H3;. The van der Waals surface area contributed by atoms with Crippen LogP contribution in [0.1, 0.15) is 13.8 Å². The predicted octanol–water partition coefficient (Wildman–Crippen LogP) is 0.988. The fraction of sp³-hybridized carbons (Fsp3) is 0.600. The van der Waals surface area contributed by atoms with E-state index >= 15 is 0 Å². The maximum atomic E-state index is 6.71. The van der Waals surface area contributed by atoms with E-state index in [-0.39, 0.29) is 0 Å². The van der Waals surface area contributed by atoms with Crippen LogP contribution in [0.25, 0.3) is 0 Å². The first-order valence-corrected chi connectivity index (χ1v) is 5.05. The van der Waals surface area contributed by atoms with Gasteiger partial charge in [-0.15, -0.1) is 11.8 Å². The second kappa shape index (κ2) is 8.54. The summed E-state index contributed by atoms with van der Waals surface area (Å²) in [5.74, 6) is 0. The van der Waals surface area contributed by atoms with E-state index in [9.17, 15) is 0 Å². The maximum absolute atomic E-state index is 6.71. The molecule has 0 heterocycles. The van der Waals surface area contributed by atoms with E-state index in [1.54, 1.807) is 6.92 Å². The quantitative estimate of drug-likeness (QED) is 0.517. The first-order valence-electron chi connectivity index (χ1n) is 2.36. The zero-order valence-corrected chi connectivity index (χ0v) is 9.64. The van der Waals surface area contributed by atoms with Gasteiger partial charge in [-0.1, -0.05) is 0 Å². The molecule has 0 aliphatic heterocycles. The minimum absolute atomic E-state index is 0.671. The molecule has 0 fully saturated rings. The van der Waals surface area contributed by atoms with Gasteiger partial charge in [0.1, 0.15) is 0 Å². The summed E-state index contributed by atoms with van der Waals surface area (Å²) in [7, 11) is 0. The Labute approximate surface area is 71.5 Å². The number of hydrogen-bond donors (Lipinski definition) is 2. The van der Waals surface area contributed by atoms with E-state index in [1.807, 2.05) is 13.2 Å². The van der Waals surface area contributed by atoms with Gasteiger partial charge in [0, 0.05) is 0 Å². The number of rotatable bonds is 0. The molecule has 0 rings (SSSR count). The van der Waals surface area contributed by atoms with Gasteiger partial charge in [-0.2, -0.15) is 0 Å². The Bertz CT molecular complexity index is 99.1. The Morgan fingerprint density at radius 1 is 1.56 bits per heavy atom. The first-order chi connectivity index (χ1) is 4.00. The molecule has 0 radical (unpaired) electrons. The molecule has 0 bridgehead atoms. The topological polar surface area (TPSA) is 49.9 Å². The number of hydrogen-bond acceptors (Lipinski definition) is 3. The molecule has 0 amide bonds. The van der Waals surface area contributed by atoms with Crippen LogP contribution in [0.15, 0.2) is 0 Å². The Morgan fingerprint density at radius 2 is 1.67 bits per heavy atom. The molecule has 0 aromatic heterocycles. The summed E-state index contributed by atoms with van der Waals surface area (Å²) < 4.78 is 1.00. The van der Waals surface area contributed by atoms with Gasteiger partial charge < -0.3 is 0 Å². The predicted molar refractivity (Wildman–Crippen MR) is 41.8 cm³/mol. The van der Waals surface area contributed by atoms with Gasteiger partial charge in [0.25, 0.3) is 0 Å². The third kappa shape index (κ3) is 56.7. The molecule has 0 aliphatic rings. The molecule has 0 aliphatic carbocycles. The first kappa shape index (κ1) is 12.2. The van der Waals surface area contributed by atoms with Crippen molar-refractivity contribution in [1.82, 2.24) is 0 Å². The molecule has 4 heteroatoms. The van der Waals surface area contributed by atoms with Crippen LogP contribution in [-0.2, 0) is 19.4 Å². The van der Waals surface area contributed by atoms with E-state index in [1.165, 1.54) is 31.1 Å². The summed E-state index contributed by atoms with van der Waals surface area (Å²) in [6.07, 6.45) is 1.89. The fourth-order valence-electron chi connectivity index (χ4n) is 0. The van der Waals surface area contributed by atoms with Crippen molar-refractivity contribution >= 4 is 20.8 Å². The summed E-state index contributed by atoms with van der Waals surface area (Å²) in [6, 6.07) is 0. The summed E-state index contributed by atoms with van der Waals surface area (Å²) in [6.45, 7) is 3.67. The van der Waals surface area contributed by atoms with E-state index < -0.39 is 0 Å². The van der Waals surface area contributed by atoms with E-state index in [0.717, 1.165) is 4.02 Å². The van der Waals surface area contributed by atoms with Crippen molar-refractivity contribution in [3.05, 3.63) is 0 Å². The van der Waals surface area contributed by atoms with Crippen molar-refractivity contribution < 1.29 is 19.4 Å². The second-order valence-corrected chi connectivity index (χ2v) is 4.71. The molecule has 0 aromatic carbocycles. The second-order valence-electron chi connectivity index (χ2n) is 1.37. The Hall–Kier alpha value is 0.538. The van der Waals surface area contributed by atoms with Crippen molar-refractivity contribution in [2.45, 2.75) is 13.8 Å². The van der Waals surface area contributed by atoms with Gasteiger partial charge >= 0.3 is 36.0 Å². The third-order valence-electron chi connectivity index (χ3n) is 0.306. The monoisotopic (exact) mass is 316 g/mol. The van der Waals surface area contributed by atoms with Crippen molar-refractivity contribution in [3.8, 4) is 0 Å². The molecule has 0 saturated heterocycles. The van der Waals surface area contributed by atoms with Crippen LogP contribution in [0, 0.1) is 5.41 Å². The molecular formula is C5H12N2SW. The van der Waals surface area contributed by atoms with Gasteiger partial charge in [-0.3, -0.25) is 5.41 Å². The SMILES string of the molecule is CSC(C)=N.C[C](N)=[W]. The van der Waals surface area contributed by atoms with Crippen LogP contribution in [0.3, 0.4) is 0 Å². The summed E-state index contributed by atoms with van der Waals surface area (Å²) in [5.41, 5.74) is 5.06. The zero-order valence-electron chi connectivity index (χ0n) is 5.89. The average Bonchev–Trinajstić information content (AvgIpc) is 1.65. The molecule has 9 heavy (non-hydrogen) atoms. The molecule has 2 nitrogen and oxygen atoms in total. The van der Waals surface area contributed by atoms with Crippen LogP contribution in [0.5, 0.6) is 0 Å². The van der Waals surface area contributed by atoms with Crippen molar-refractivity contribution in [1.29, 1.82) is 5.41 Å². The van der Waals surface area contributed by atoms with Crippen LogP contribution in [0.2, 0.25) is 0 Å². The molecule has 0 atom stereocenters. The molecule has 0 spiro atoms. The van der Waals surface area contributed by atoms with Crippen LogP contribution >= 0.6 is 11.8 Å². The van der Waals surface area contributed by atoms with E-state index in [0.29, 0.717) is 5.04 Å². The van der Waals surface area contributed by atoms with Gasteiger partial charge in [0.05, 0.1) is 5.04 Å². The van der Waals surface area contributed by atoms with Crippen LogP contribution in [-0.4, -0.2) is 15.3 Å². The molecule has 0 aromatic rings. The fourth-order valence-corrected chi connectivity index (χ4v) is 0. The molecular weight excluding hydrogens is 304 g/mol. The Morgan fingerprint density at radius 3 is 1.67 bits per heavy atom. The van der Waals surface area contributed by atoms with E-state index in [2.05, 4.69) is 0 Å². The van der Waals surface area contributed by atoms with Crippen molar-refractivity contribution in [3.63, 3.8) is 0 Å². The van der Waals surface area contributed by atoms with Gasteiger partial charge in [0.2, 0.25) is 0 Å². The number of nitrogens with one attached hydrogen (secondary N) is 1. The van der Waals surface area contributed by atoms with Crippen LogP contribution < -0.4 is 5.73 Å². The summed E-state index contributed by atoms with van der Waals surface area (Å²) in [4.78, 5) is 0. The van der Waals surface area contributed by atoms with Gasteiger partial charge in [-0.25, -0.2) is 0 Å². The zero-order chi connectivity index (χ0) is 7.86. The molecule has 3 N–H and O–H groups in total. The minimum atomic E-state index is 0.671. The van der Waals surface area contributed by atoms with Gasteiger partial charge in [0.15, 0.2) is 0 Å². The molecule has 0 unspecified atom stereocenters. The Kier molecular flexibility index (Phi) is 11.6. The number of nitrogens with two attached hydrogens (primary N) is 1.